The van der Waals surface area contributed by atoms with Gasteiger partial charge in [0.1, 0.15) is 18.2 Å². The Kier molecular flexibility index (Phi) is 4.47. The van der Waals surface area contributed by atoms with Crippen molar-refractivity contribution >= 4 is 17.6 Å². The standard InChI is InChI=1S/C17H16FN5O4/c18-14-5-12(1-2-15(14)22-7-11(9-24)20-10-22)23-8-13(27-17(23)25)6-19-16-3-4-26-21-16/h1-5,7,10,13,24H,6,8-9H2,(H,19,21). The minimum Gasteiger partial charge on any atom is -0.442 e. The summed E-state index contributed by atoms with van der Waals surface area (Å²) in [6.45, 7) is 0.409. The number of cyclic esters (lactones) is 1. The molecular weight excluding hydrogens is 357 g/mol. The fourth-order valence-corrected chi connectivity index (χ4v) is 2.81. The molecule has 0 bridgehead atoms. The Hall–Kier alpha value is -3.40. The number of carbonyl (C=O) groups is 1. The molecule has 10 heteroatoms. The van der Waals surface area contributed by atoms with E-state index in [1.165, 1.54) is 34.3 Å². The van der Waals surface area contributed by atoms with E-state index in [0.29, 0.717) is 23.7 Å². The topological polar surface area (TPSA) is 106 Å². The molecule has 4 rings (SSSR count). The minimum absolute atomic E-state index is 0.226. The summed E-state index contributed by atoms with van der Waals surface area (Å²) in [4.78, 5) is 17.5. The number of rotatable bonds is 6. The van der Waals surface area contributed by atoms with Gasteiger partial charge < -0.3 is 24.3 Å². The highest BCUT2D eigenvalue weighted by Gasteiger charge is 2.32. The lowest BCUT2D eigenvalue weighted by atomic mass is 10.2. The maximum absolute atomic E-state index is 14.5. The van der Waals surface area contributed by atoms with Crippen molar-refractivity contribution in [2.24, 2.45) is 0 Å². The van der Waals surface area contributed by atoms with Gasteiger partial charge in [-0.1, -0.05) is 5.16 Å². The second-order valence-corrected chi connectivity index (χ2v) is 5.95. The van der Waals surface area contributed by atoms with E-state index >= 15 is 0 Å². The van der Waals surface area contributed by atoms with Gasteiger partial charge in [-0.05, 0) is 18.2 Å². The van der Waals surface area contributed by atoms with Crippen LogP contribution in [-0.4, -0.2) is 45.1 Å². The van der Waals surface area contributed by atoms with E-state index in [1.807, 2.05) is 0 Å². The number of hydrogen-bond acceptors (Lipinski definition) is 7. The Balaban J connectivity index is 1.46. The summed E-state index contributed by atoms with van der Waals surface area (Å²) in [5.74, 6) is 0.0221. The van der Waals surface area contributed by atoms with Crippen LogP contribution in [0.2, 0.25) is 0 Å². The lowest BCUT2D eigenvalue weighted by molar-refractivity contribution is 0.147. The van der Waals surface area contributed by atoms with Gasteiger partial charge in [0.25, 0.3) is 0 Å². The average molecular weight is 373 g/mol. The molecule has 0 aliphatic carbocycles. The van der Waals surface area contributed by atoms with Crippen LogP contribution in [0.4, 0.5) is 20.7 Å². The van der Waals surface area contributed by atoms with Crippen LogP contribution >= 0.6 is 0 Å². The fraction of sp³-hybridized carbons (Fsp3) is 0.235. The van der Waals surface area contributed by atoms with Crippen molar-refractivity contribution in [1.29, 1.82) is 0 Å². The van der Waals surface area contributed by atoms with Gasteiger partial charge in [-0.2, -0.15) is 0 Å². The number of carbonyl (C=O) groups excluding carboxylic acids is 1. The number of aliphatic hydroxyl groups excluding tert-OH is 1. The monoisotopic (exact) mass is 373 g/mol. The van der Waals surface area contributed by atoms with Gasteiger partial charge in [-0.25, -0.2) is 14.2 Å². The van der Waals surface area contributed by atoms with Crippen LogP contribution < -0.4 is 10.2 Å². The van der Waals surface area contributed by atoms with Crippen LogP contribution in [0.3, 0.4) is 0 Å². The number of benzene rings is 1. The molecule has 0 radical (unpaired) electrons. The minimum atomic E-state index is -0.542. The van der Waals surface area contributed by atoms with Crippen molar-refractivity contribution < 1.29 is 23.6 Å². The zero-order valence-electron chi connectivity index (χ0n) is 14.1. The maximum atomic E-state index is 14.5. The number of aliphatic hydroxyl groups is 1. The molecule has 140 valence electrons. The Morgan fingerprint density at radius 1 is 1.37 bits per heavy atom. The second-order valence-electron chi connectivity index (χ2n) is 5.95. The van der Waals surface area contributed by atoms with Gasteiger partial charge in [-0.3, -0.25) is 4.90 Å². The highest BCUT2D eigenvalue weighted by molar-refractivity contribution is 5.89. The molecule has 1 unspecified atom stereocenters. The molecule has 0 saturated carbocycles. The second kappa shape index (κ2) is 7.08. The van der Waals surface area contributed by atoms with Crippen molar-refractivity contribution in [3.63, 3.8) is 0 Å². The Labute approximate surface area is 153 Å². The van der Waals surface area contributed by atoms with Crippen LogP contribution in [0.15, 0.2) is 47.6 Å². The highest BCUT2D eigenvalue weighted by atomic mass is 19.1. The van der Waals surface area contributed by atoms with Crippen LogP contribution in [-0.2, 0) is 11.3 Å². The third kappa shape index (κ3) is 3.47. The molecule has 1 fully saturated rings. The molecule has 1 aromatic carbocycles. The van der Waals surface area contributed by atoms with E-state index in [0.717, 1.165) is 0 Å². The number of nitrogens with zero attached hydrogens (tertiary/aromatic N) is 4. The summed E-state index contributed by atoms with van der Waals surface area (Å²) in [5, 5.41) is 15.8. The number of aromatic nitrogens is 3. The van der Waals surface area contributed by atoms with E-state index in [1.54, 1.807) is 18.2 Å². The first-order chi connectivity index (χ1) is 13.1. The van der Waals surface area contributed by atoms with Gasteiger partial charge in [0, 0.05) is 12.3 Å². The van der Waals surface area contributed by atoms with E-state index in [4.69, 9.17) is 14.4 Å². The first-order valence-electron chi connectivity index (χ1n) is 8.20. The normalized spacial score (nSPS) is 16.6. The molecule has 9 nitrogen and oxygen atoms in total. The van der Waals surface area contributed by atoms with Crippen molar-refractivity contribution in [1.82, 2.24) is 14.7 Å². The van der Waals surface area contributed by atoms with Crippen LogP contribution in [0, 0.1) is 5.82 Å². The predicted octanol–water partition coefficient (Wildman–Crippen LogP) is 1.93. The van der Waals surface area contributed by atoms with E-state index in [9.17, 15) is 9.18 Å². The van der Waals surface area contributed by atoms with Crippen molar-refractivity contribution in [2.45, 2.75) is 12.7 Å². The van der Waals surface area contributed by atoms with E-state index in [2.05, 4.69) is 15.5 Å². The average Bonchev–Trinajstić information content (AvgIpc) is 3.41. The molecule has 2 aromatic heterocycles. The molecule has 1 aliphatic heterocycles. The number of ether oxygens (including phenoxy) is 1. The Morgan fingerprint density at radius 2 is 2.26 bits per heavy atom. The van der Waals surface area contributed by atoms with Crippen LogP contribution in [0.25, 0.3) is 5.69 Å². The summed E-state index contributed by atoms with van der Waals surface area (Å²) in [6.07, 6.45) is 3.44. The highest BCUT2D eigenvalue weighted by Crippen LogP contribution is 2.25. The molecule has 27 heavy (non-hydrogen) atoms. The number of amides is 1. The quantitative estimate of drug-likeness (QED) is 0.680. The van der Waals surface area contributed by atoms with Gasteiger partial charge in [-0.15, -0.1) is 0 Å². The van der Waals surface area contributed by atoms with Crippen molar-refractivity contribution in [2.75, 3.05) is 23.3 Å². The largest absolute Gasteiger partial charge is 0.442 e. The molecule has 1 aliphatic rings. The van der Waals surface area contributed by atoms with E-state index in [-0.39, 0.29) is 18.8 Å². The zero-order valence-corrected chi connectivity index (χ0v) is 14.1. The summed E-state index contributed by atoms with van der Waals surface area (Å²) in [7, 11) is 0. The van der Waals surface area contributed by atoms with Crippen LogP contribution in [0.1, 0.15) is 5.69 Å². The third-order valence-corrected chi connectivity index (χ3v) is 4.14. The van der Waals surface area contributed by atoms with Crippen molar-refractivity contribution in [3.05, 3.63) is 54.6 Å². The SMILES string of the molecule is O=C1OC(CNc2ccon2)CN1c1ccc(-n2cnc(CO)c2)c(F)c1. The number of hydrogen-bond donors (Lipinski definition) is 2. The molecule has 2 N–H and O–H groups in total. The lowest BCUT2D eigenvalue weighted by Gasteiger charge is -2.14. The van der Waals surface area contributed by atoms with Gasteiger partial charge in [0.05, 0.1) is 43.1 Å². The Bertz CT molecular complexity index is 943. The molecule has 1 amide bonds. The molecule has 1 saturated heterocycles. The zero-order chi connectivity index (χ0) is 18.8. The van der Waals surface area contributed by atoms with Crippen molar-refractivity contribution in [3.8, 4) is 5.69 Å². The van der Waals surface area contributed by atoms with Crippen LogP contribution in [0.5, 0.6) is 0 Å². The predicted molar refractivity (Wildman–Crippen MR) is 92.1 cm³/mol. The maximum Gasteiger partial charge on any atom is 0.414 e. The number of nitrogens with one attached hydrogen (secondary N) is 1. The molecule has 3 aromatic rings. The smallest absolute Gasteiger partial charge is 0.414 e. The number of anilines is 2. The first kappa shape index (κ1) is 17.0. The first-order valence-corrected chi connectivity index (χ1v) is 8.20. The lowest BCUT2D eigenvalue weighted by Crippen LogP contribution is -2.27. The number of halogens is 1. The summed E-state index contributed by atoms with van der Waals surface area (Å²) in [6, 6.07) is 6.09. The summed E-state index contributed by atoms with van der Waals surface area (Å²) in [5.41, 5.74) is 1.10. The summed E-state index contributed by atoms with van der Waals surface area (Å²) < 4.78 is 26.0. The fourth-order valence-electron chi connectivity index (χ4n) is 2.81. The molecule has 3 heterocycles. The Morgan fingerprint density at radius 3 is 2.96 bits per heavy atom. The molecular formula is C17H16FN5O4. The summed E-state index contributed by atoms with van der Waals surface area (Å²) >= 11 is 0. The third-order valence-electron chi connectivity index (χ3n) is 4.14. The van der Waals surface area contributed by atoms with E-state index < -0.39 is 18.0 Å². The van der Waals surface area contributed by atoms with Gasteiger partial charge >= 0.3 is 6.09 Å². The van der Waals surface area contributed by atoms with Gasteiger partial charge in [0.15, 0.2) is 5.82 Å². The van der Waals surface area contributed by atoms with Gasteiger partial charge in [0.2, 0.25) is 0 Å². The number of imidazole rings is 1. The molecule has 0 spiro atoms. The molecule has 1 atom stereocenters.